The van der Waals surface area contributed by atoms with Crippen LogP contribution >= 0.6 is 0 Å². The molecule has 0 saturated heterocycles. The highest BCUT2D eigenvalue weighted by atomic mass is 19.4. The fourth-order valence-corrected chi connectivity index (χ4v) is 3.15. The van der Waals surface area contributed by atoms with Crippen LogP contribution in [0.5, 0.6) is 0 Å². The number of nitriles is 1. The van der Waals surface area contributed by atoms with Crippen LogP contribution in [0.15, 0.2) is 42.5 Å². The van der Waals surface area contributed by atoms with Gasteiger partial charge in [-0.15, -0.1) is 5.10 Å². The maximum Gasteiger partial charge on any atom is 0.416 e. The first-order valence-corrected chi connectivity index (χ1v) is 7.86. The van der Waals surface area contributed by atoms with E-state index in [1.807, 2.05) is 29.2 Å². The minimum Gasteiger partial charge on any atom is -0.341 e. The predicted octanol–water partition coefficient (Wildman–Crippen LogP) is 4.06. The molecule has 1 aromatic heterocycles. The quantitative estimate of drug-likeness (QED) is 0.753. The average Bonchev–Trinajstić information content (AvgIpc) is 3.27. The van der Waals surface area contributed by atoms with Crippen LogP contribution in [0.2, 0.25) is 0 Å². The Hall–Kier alpha value is -3.34. The maximum atomic E-state index is 13.0. The monoisotopic (exact) mass is 355 g/mol. The van der Waals surface area contributed by atoms with Crippen molar-refractivity contribution in [3.8, 4) is 17.3 Å². The highest BCUT2D eigenvalue weighted by Crippen LogP contribution is 2.39. The fourth-order valence-electron chi connectivity index (χ4n) is 3.15. The summed E-state index contributed by atoms with van der Waals surface area (Å²) in [5.74, 6) is 0. The Morgan fingerprint density at radius 2 is 1.96 bits per heavy atom. The number of nitrogens with one attached hydrogen (secondary N) is 1. The normalized spacial score (nSPS) is 13.5. The summed E-state index contributed by atoms with van der Waals surface area (Å²) < 4.78 is 39.0. The zero-order valence-electron chi connectivity index (χ0n) is 13.4. The molecule has 1 aliphatic heterocycles. The molecule has 0 aliphatic carbocycles. The topological polar surface area (TPSA) is 68.6 Å². The SMILES string of the molecule is N#Cc1n[nH]nc1-c1ccc2c(c1)N(c1cccc(C(F)(F)F)c1)CC2. The Morgan fingerprint density at radius 1 is 1.12 bits per heavy atom. The van der Waals surface area contributed by atoms with Gasteiger partial charge >= 0.3 is 6.18 Å². The first-order valence-electron chi connectivity index (χ1n) is 7.86. The second kappa shape index (κ2) is 5.88. The molecule has 0 amide bonds. The number of alkyl halides is 3. The van der Waals surface area contributed by atoms with Crippen molar-refractivity contribution in [3.05, 3.63) is 59.3 Å². The minimum atomic E-state index is -4.39. The van der Waals surface area contributed by atoms with Gasteiger partial charge in [-0.1, -0.05) is 18.2 Å². The molecule has 0 spiro atoms. The first kappa shape index (κ1) is 16.1. The molecule has 1 N–H and O–H groups in total. The molecular weight excluding hydrogens is 343 g/mol. The lowest BCUT2D eigenvalue weighted by molar-refractivity contribution is -0.137. The smallest absolute Gasteiger partial charge is 0.341 e. The lowest BCUT2D eigenvalue weighted by Crippen LogP contribution is -2.14. The molecule has 0 unspecified atom stereocenters. The summed E-state index contributed by atoms with van der Waals surface area (Å²) in [5, 5.41) is 19.3. The summed E-state index contributed by atoms with van der Waals surface area (Å²) >= 11 is 0. The van der Waals surface area contributed by atoms with E-state index in [0.717, 1.165) is 29.8 Å². The van der Waals surface area contributed by atoms with Gasteiger partial charge in [0.15, 0.2) is 5.69 Å². The number of anilines is 2. The Kier molecular flexibility index (Phi) is 3.65. The second-order valence-electron chi connectivity index (χ2n) is 5.93. The van der Waals surface area contributed by atoms with E-state index in [1.54, 1.807) is 6.07 Å². The molecule has 2 heterocycles. The lowest BCUT2D eigenvalue weighted by atomic mass is 10.1. The molecule has 0 atom stereocenters. The third kappa shape index (κ3) is 2.67. The van der Waals surface area contributed by atoms with E-state index in [2.05, 4.69) is 15.4 Å². The molecule has 0 radical (unpaired) electrons. The number of hydrogen-bond acceptors (Lipinski definition) is 4. The van der Waals surface area contributed by atoms with E-state index in [9.17, 15) is 13.2 Å². The Morgan fingerprint density at radius 3 is 2.73 bits per heavy atom. The van der Waals surface area contributed by atoms with Gasteiger partial charge in [0.25, 0.3) is 0 Å². The van der Waals surface area contributed by atoms with Crippen LogP contribution in [0.3, 0.4) is 0 Å². The molecule has 2 aromatic carbocycles. The molecular formula is C18H12F3N5. The van der Waals surface area contributed by atoms with Gasteiger partial charge in [0.1, 0.15) is 11.8 Å². The van der Waals surface area contributed by atoms with Crippen LogP contribution in [0.4, 0.5) is 24.5 Å². The lowest BCUT2D eigenvalue weighted by Gasteiger charge is -2.21. The van der Waals surface area contributed by atoms with Crippen molar-refractivity contribution in [1.29, 1.82) is 5.26 Å². The van der Waals surface area contributed by atoms with Crippen molar-refractivity contribution in [2.45, 2.75) is 12.6 Å². The van der Waals surface area contributed by atoms with E-state index >= 15 is 0 Å². The summed E-state index contributed by atoms with van der Waals surface area (Å²) in [5.41, 5.74) is 2.94. The summed E-state index contributed by atoms with van der Waals surface area (Å²) in [4.78, 5) is 1.85. The Labute approximate surface area is 146 Å². The average molecular weight is 355 g/mol. The Balaban J connectivity index is 1.76. The van der Waals surface area contributed by atoms with E-state index in [0.29, 0.717) is 23.5 Å². The zero-order valence-corrected chi connectivity index (χ0v) is 13.4. The van der Waals surface area contributed by atoms with Crippen molar-refractivity contribution in [3.63, 3.8) is 0 Å². The minimum absolute atomic E-state index is 0.175. The molecule has 26 heavy (non-hydrogen) atoms. The van der Waals surface area contributed by atoms with Crippen molar-refractivity contribution >= 4 is 11.4 Å². The van der Waals surface area contributed by atoms with E-state index in [4.69, 9.17) is 5.26 Å². The van der Waals surface area contributed by atoms with Crippen molar-refractivity contribution < 1.29 is 13.2 Å². The predicted molar refractivity (Wildman–Crippen MR) is 88.7 cm³/mol. The molecule has 130 valence electrons. The summed E-state index contributed by atoms with van der Waals surface area (Å²) in [6.45, 7) is 0.587. The maximum absolute atomic E-state index is 13.0. The van der Waals surface area contributed by atoms with Crippen LogP contribution in [-0.4, -0.2) is 22.0 Å². The van der Waals surface area contributed by atoms with Gasteiger partial charge in [-0.05, 0) is 36.2 Å². The molecule has 1 aliphatic rings. The first-order chi connectivity index (χ1) is 12.5. The zero-order chi connectivity index (χ0) is 18.3. The van der Waals surface area contributed by atoms with Gasteiger partial charge in [0.05, 0.1) is 5.56 Å². The van der Waals surface area contributed by atoms with Crippen molar-refractivity contribution in [1.82, 2.24) is 15.4 Å². The fraction of sp³-hybridized carbons (Fsp3) is 0.167. The van der Waals surface area contributed by atoms with E-state index in [1.165, 1.54) is 6.07 Å². The Bertz CT molecular complexity index is 1020. The van der Waals surface area contributed by atoms with Crippen LogP contribution < -0.4 is 4.90 Å². The van der Waals surface area contributed by atoms with Gasteiger partial charge in [-0.3, -0.25) is 0 Å². The molecule has 4 rings (SSSR count). The third-order valence-corrected chi connectivity index (χ3v) is 4.39. The largest absolute Gasteiger partial charge is 0.416 e. The van der Waals surface area contributed by atoms with Gasteiger partial charge in [-0.2, -0.15) is 28.7 Å². The number of nitrogens with zero attached hydrogens (tertiary/aromatic N) is 4. The molecule has 0 fully saturated rings. The number of aromatic nitrogens is 3. The number of fused-ring (bicyclic) bond motifs is 1. The number of hydrogen-bond donors (Lipinski definition) is 1. The summed E-state index contributed by atoms with van der Waals surface area (Å²) in [6.07, 6.45) is -3.65. The molecule has 5 nitrogen and oxygen atoms in total. The number of aromatic amines is 1. The van der Waals surface area contributed by atoms with Crippen LogP contribution in [0, 0.1) is 11.3 Å². The third-order valence-electron chi connectivity index (χ3n) is 4.39. The van der Waals surface area contributed by atoms with Crippen molar-refractivity contribution in [2.75, 3.05) is 11.4 Å². The molecule has 8 heteroatoms. The van der Waals surface area contributed by atoms with Gasteiger partial charge < -0.3 is 4.90 Å². The molecule has 0 saturated carbocycles. The number of benzene rings is 2. The van der Waals surface area contributed by atoms with Gasteiger partial charge in [0, 0.05) is 23.5 Å². The highest BCUT2D eigenvalue weighted by Gasteiger charge is 2.31. The van der Waals surface area contributed by atoms with Crippen LogP contribution in [-0.2, 0) is 12.6 Å². The number of H-pyrrole nitrogens is 1. The number of rotatable bonds is 2. The molecule has 3 aromatic rings. The van der Waals surface area contributed by atoms with Gasteiger partial charge in [0.2, 0.25) is 0 Å². The van der Waals surface area contributed by atoms with Gasteiger partial charge in [-0.25, -0.2) is 0 Å². The van der Waals surface area contributed by atoms with E-state index in [-0.39, 0.29) is 5.69 Å². The second-order valence-corrected chi connectivity index (χ2v) is 5.93. The number of halogens is 3. The summed E-state index contributed by atoms with van der Waals surface area (Å²) in [7, 11) is 0. The standard InChI is InChI=1S/C18H12F3N5/c19-18(20,21)13-2-1-3-14(9-13)26-7-6-11-4-5-12(8-16(11)26)17-15(10-22)23-25-24-17/h1-5,8-9H,6-7H2,(H,23,24,25). The van der Waals surface area contributed by atoms with Crippen LogP contribution in [0.1, 0.15) is 16.8 Å². The van der Waals surface area contributed by atoms with E-state index < -0.39 is 11.7 Å². The van der Waals surface area contributed by atoms with Crippen LogP contribution in [0.25, 0.3) is 11.3 Å². The van der Waals surface area contributed by atoms with Crippen molar-refractivity contribution in [2.24, 2.45) is 0 Å². The summed E-state index contributed by atoms with van der Waals surface area (Å²) in [6, 6.07) is 12.8. The molecule has 0 bridgehead atoms. The highest BCUT2D eigenvalue weighted by molar-refractivity contribution is 5.77.